The molecule has 0 bridgehead atoms. The molecular weight excluding hydrogens is 326 g/mol. The van der Waals surface area contributed by atoms with Gasteiger partial charge in [0.05, 0.1) is 12.8 Å². The molecule has 8 nitrogen and oxygen atoms in total. The van der Waals surface area contributed by atoms with E-state index in [1.165, 1.54) is 12.3 Å². The Labute approximate surface area is 142 Å². The van der Waals surface area contributed by atoms with Gasteiger partial charge in [0.2, 0.25) is 11.8 Å². The van der Waals surface area contributed by atoms with Crippen molar-refractivity contribution < 1.29 is 23.3 Å². The lowest BCUT2D eigenvalue weighted by molar-refractivity contribution is -0.125. The second kappa shape index (κ2) is 7.82. The second-order valence-corrected chi connectivity index (χ2v) is 4.98. The summed E-state index contributed by atoms with van der Waals surface area (Å²) in [5, 5.41) is 8.72. The highest BCUT2D eigenvalue weighted by molar-refractivity contribution is 5.93. The number of nitrogens with zero attached hydrogens (tertiary/aromatic N) is 1. The summed E-state index contributed by atoms with van der Waals surface area (Å²) < 4.78 is 15.4. The number of para-hydroxylation sites is 1. The van der Waals surface area contributed by atoms with E-state index in [9.17, 15) is 9.59 Å². The fraction of sp³-hybridized carbons (Fsp3) is 0.118. The fourth-order valence-corrected chi connectivity index (χ4v) is 1.95. The predicted molar refractivity (Wildman–Crippen MR) is 87.8 cm³/mol. The van der Waals surface area contributed by atoms with Gasteiger partial charge in [-0.15, -0.1) is 0 Å². The molecule has 2 heterocycles. The molecule has 128 valence electrons. The molecule has 2 amide bonds. The summed E-state index contributed by atoms with van der Waals surface area (Å²) >= 11 is 0. The number of rotatable bonds is 7. The zero-order valence-electron chi connectivity index (χ0n) is 13.1. The number of furan rings is 1. The van der Waals surface area contributed by atoms with E-state index in [0.717, 1.165) is 0 Å². The third kappa shape index (κ3) is 4.71. The molecule has 2 N–H and O–H groups in total. The van der Waals surface area contributed by atoms with Crippen molar-refractivity contribution in [2.24, 2.45) is 0 Å². The van der Waals surface area contributed by atoms with E-state index in [1.807, 2.05) is 6.07 Å². The maximum absolute atomic E-state index is 11.8. The van der Waals surface area contributed by atoms with Crippen LogP contribution in [0.4, 0.5) is 5.88 Å². The van der Waals surface area contributed by atoms with Crippen molar-refractivity contribution in [1.82, 2.24) is 10.5 Å². The molecule has 0 aliphatic carbocycles. The standard InChI is InChI=1S/C17H15N3O5/c21-15(10-18-16(22)11-24-12-5-2-1-3-6-12)19-17-9-13(20-25-17)14-7-4-8-23-14/h1-9H,10-11H2,(H,18,22)(H,19,21). The molecule has 3 rings (SSSR count). The molecule has 2 aromatic heterocycles. The third-order valence-corrected chi connectivity index (χ3v) is 3.11. The minimum atomic E-state index is -0.449. The van der Waals surface area contributed by atoms with Crippen LogP contribution in [0.2, 0.25) is 0 Å². The van der Waals surface area contributed by atoms with E-state index < -0.39 is 11.8 Å². The molecule has 0 aliphatic heterocycles. The number of hydrogen-bond acceptors (Lipinski definition) is 6. The van der Waals surface area contributed by atoms with Gasteiger partial charge in [0.25, 0.3) is 5.91 Å². The van der Waals surface area contributed by atoms with E-state index in [4.69, 9.17) is 13.7 Å². The molecule has 1 aromatic carbocycles. The van der Waals surface area contributed by atoms with Gasteiger partial charge in [0.1, 0.15) is 5.75 Å². The van der Waals surface area contributed by atoms with Crippen LogP contribution in [0.25, 0.3) is 11.5 Å². The minimum absolute atomic E-state index is 0.159. The van der Waals surface area contributed by atoms with Crippen molar-refractivity contribution in [2.45, 2.75) is 0 Å². The summed E-state index contributed by atoms with van der Waals surface area (Å²) in [5.41, 5.74) is 0.459. The van der Waals surface area contributed by atoms with Crippen LogP contribution in [0.15, 0.2) is 63.7 Å². The Bertz CT molecular complexity index is 827. The monoisotopic (exact) mass is 341 g/mol. The molecule has 3 aromatic rings. The van der Waals surface area contributed by atoms with Crippen molar-refractivity contribution in [3.63, 3.8) is 0 Å². The predicted octanol–water partition coefficient (Wildman–Crippen LogP) is 2.07. The minimum Gasteiger partial charge on any atom is -0.484 e. The molecule has 0 saturated carbocycles. The topological polar surface area (TPSA) is 107 Å². The van der Waals surface area contributed by atoms with Crippen LogP contribution in [0, 0.1) is 0 Å². The number of carbonyl (C=O) groups is 2. The second-order valence-electron chi connectivity index (χ2n) is 4.98. The average molecular weight is 341 g/mol. The number of amides is 2. The van der Waals surface area contributed by atoms with Crippen molar-refractivity contribution >= 4 is 17.7 Å². The number of anilines is 1. The zero-order chi connectivity index (χ0) is 17.5. The molecule has 0 atom stereocenters. The first-order valence-corrected chi connectivity index (χ1v) is 7.46. The number of aromatic nitrogens is 1. The largest absolute Gasteiger partial charge is 0.484 e. The summed E-state index contributed by atoms with van der Waals surface area (Å²) in [4.78, 5) is 23.5. The van der Waals surface area contributed by atoms with E-state index in [2.05, 4.69) is 15.8 Å². The Hall–Kier alpha value is -3.55. The lowest BCUT2D eigenvalue weighted by atomic mass is 10.3. The first-order valence-electron chi connectivity index (χ1n) is 7.46. The lowest BCUT2D eigenvalue weighted by Crippen LogP contribution is -2.35. The van der Waals surface area contributed by atoms with E-state index >= 15 is 0 Å². The number of carbonyl (C=O) groups excluding carboxylic acids is 2. The van der Waals surface area contributed by atoms with Gasteiger partial charge in [-0.05, 0) is 24.3 Å². The lowest BCUT2D eigenvalue weighted by Gasteiger charge is -2.06. The highest BCUT2D eigenvalue weighted by Gasteiger charge is 2.12. The maximum atomic E-state index is 11.8. The molecule has 25 heavy (non-hydrogen) atoms. The van der Waals surface area contributed by atoms with Crippen LogP contribution in [0.5, 0.6) is 5.75 Å². The molecule has 8 heteroatoms. The maximum Gasteiger partial charge on any atom is 0.258 e. The summed E-state index contributed by atoms with van der Waals surface area (Å²) in [7, 11) is 0. The van der Waals surface area contributed by atoms with Gasteiger partial charge in [-0.25, -0.2) is 0 Å². The van der Waals surface area contributed by atoms with Crippen molar-refractivity contribution in [3.05, 3.63) is 54.8 Å². The highest BCUT2D eigenvalue weighted by Crippen LogP contribution is 2.21. The van der Waals surface area contributed by atoms with Gasteiger partial charge < -0.3 is 19.0 Å². The van der Waals surface area contributed by atoms with Gasteiger partial charge in [0, 0.05) is 6.07 Å². The number of hydrogen-bond donors (Lipinski definition) is 2. The summed E-state index contributed by atoms with van der Waals surface area (Å²) in [6.07, 6.45) is 1.51. The Morgan fingerprint density at radius 2 is 1.92 bits per heavy atom. The smallest absolute Gasteiger partial charge is 0.258 e. The first kappa shape index (κ1) is 16.3. The van der Waals surface area contributed by atoms with Crippen LogP contribution < -0.4 is 15.4 Å². The summed E-state index contributed by atoms with van der Waals surface area (Å²) in [6, 6.07) is 13.9. The van der Waals surface area contributed by atoms with Crippen LogP contribution in [0.1, 0.15) is 0 Å². The van der Waals surface area contributed by atoms with Crippen LogP contribution in [-0.2, 0) is 9.59 Å². The van der Waals surface area contributed by atoms with Gasteiger partial charge in [-0.2, -0.15) is 0 Å². The average Bonchev–Trinajstić information content (AvgIpc) is 3.30. The number of nitrogens with one attached hydrogen (secondary N) is 2. The molecule has 0 fully saturated rings. The van der Waals surface area contributed by atoms with Crippen molar-refractivity contribution in [1.29, 1.82) is 0 Å². The molecular formula is C17H15N3O5. The summed E-state index contributed by atoms with van der Waals surface area (Å²) in [5.74, 6) is 0.402. The molecule has 0 saturated heterocycles. The van der Waals surface area contributed by atoms with Crippen molar-refractivity contribution in [2.75, 3.05) is 18.5 Å². The Morgan fingerprint density at radius 3 is 2.68 bits per heavy atom. The molecule has 0 aliphatic rings. The van der Waals surface area contributed by atoms with Gasteiger partial charge >= 0.3 is 0 Å². The van der Waals surface area contributed by atoms with Gasteiger partial charge in [-0.3, -0.25) is 14.9 Å². The molecule has 0 radical (unpaired) electrons. The highest BCUT2D eigenvalue weighted by atomic mass is 16.5. The van der Waals surface area contributed by atoms with Gasteiger partial charge in [-0.1, -0.05) is 23.4 Å². The Kier molecular flexibility index (Phi) is 5.10. The van der Waals surface area contributed by atoms with Crippen molar-refractivity contribution in [3.8, 4) is 17.2 Å². The third-order valence-electron chi connectivity index (χ3n) is 3.11. The van der Waals surface area contributed by atoms with Crippen LogP contribution >= 0.6 is 0 Å². The normalized spacial score (nSPS) is 10.2. The first-order chi connectivity index (χ1) is 12.2. The van der Waals surface area contributed by atoms with E-state index in [0.29, 0.717) is 17.2 Å². The molecule has 0 unspecified atom stereocenters. The Balaban J connectivity index is 1.41. The zero-order valence-corrected chi connectivity index (χ0v) is 13.1. The van der Waals surface area contributed by atoms with Gasteiger partial charge in [0.15, 0.2) is 18.1 Å². The number of benzene rings is 1. The summed E-state index contributed by atoms with van der Waals surface area (Å²) in [6.45, 7) is -0.393. The Morgan fingerprint density at radius 1 is 1.08 bits per heavy atom. The number of ether oxygens (including phenoxy) is 1. The molecule has 0 spiro atoms. The SMILES string of the molecule is O=C(COc1ccccc1)NCC(=O)Nc1cc(-c2ccco2)no1. The van der Waals surface area contributed by atoms with E-state index in [1.54, 1.807) is 36.4 Å². The quantitative estimate of drug-likeness (QED) is 0.681. The fourth-order valence-electron chi connectivity index (χ4n) is 1.95. The van der Waals surface area contributed by atoms with E-state index in [-0.39, 0.29) is 19.0 Å². The van der Waals surface area contributed by atoms with Crippen LogP contribution in [-0.4, -0.2) is 30.1 Å². The van der Waals surface area contributed by atoms with Crippen LogP contribution in [0.3, 0.4) is 0 Å².